The third-order valence-electron chi connectivity index (χ3n) is 2.71. The predicted octanol–water partition coefficient (Wildman–Crippen LogP) is 3.72. The Bertz CT molecular complexity index is 691. The van der Waals surface area contributed by atoms with Crippen LogP contribution in [0, 0.1) is 15.9 Å². The fourth-order valence-corrected chi connectivity index (χ4v) is 2.62. The van der Waals surface area contributed by atoms with E-state index >= 15 is 0 Å². The van der Waals surface area contributed by atoms with Crippen molar-refractivity contribution < 1.29 is 19.2 Å². The van der Waals surface area contributed by atoms with E-state index in [2.05, 4.69) is 0 Å². The number of hydrogen-bond donors (Lipinski definition) is 1. The average Bonchev–Trinajstić information content (AvgIpc) is 2.46. The van der Waals surface area contributed by atoms with Crippen LogP contribution in [0.25, 0.3) is 0 Å². The molecular formula is C14H10FNO4S. The molecular weight excluding hydrogens is 297 g/mol. The Labute approximate surface area is 123 Å². The van der Waals surface area contributed by atoms with Gasteiger partial charge in [-0.05, 0) is 11.6 Å². The van der Waals surface area contributed by atoms with E-state index in [4.69, 9.17) is 5.11 Å². The standard InChI is InChI=1S/C14H10FNO4S/c15-11-7-12(16(19)20)10(14(17)18)6-13(11)21-8-9-4-2-1-3-5-9/h1-7H,8H2,(H,17,18). The van der Waals surface area contributed by atoms with Gasteiger partial charge in [0.1, 0.15) is 11.4 Å². The molecule has 108 valence electrons. The van der Waals surface area contributed by atoms with Gasteiger partial charge in [-0.15, -0.1) is 11.8 Å². The van der Waals surface area contributed by atoms with Crippen LogP contribution in [0.5, 0.6) is 0 Å². The number of nitrogens with zero attached hydrogens (tertiary/aromatic N) is 1. The summed E-state index contributed by atoms with van der Waals surface area (Å²) in [6.45, 7) is 0. The molecule has 0 heterocycles. The van der Waals surface area contributed by atoms with Gasteiger partial charge in [0.2, 0.25) is 0 Å². The second kappa shape index (κ2) is 6.36. The summed E-state index contributed by atoms with van der Waals surface area (Å²) in [5.41, 5.74) is -0.321. The number of benzene rings is 2. The molecule has 1 N–H and O–H groups in total. The van der Waals surface area contributed by atoms with E-state index in [-0.39, 0.29) is 4.90 Å². The molecule has 5 nitrogen and oxygen atoms in total. The molecule has 0 saturated heterocycles. The third-order valence-corrected chi connectivity index (χ3v) is 3.82. The van der Waals surface area contributed by atoms with Gasteiger partial charge in [0.25, 0.3) is 5.69 Å². The fourth-order valence-electron chi connectivity index (χ4n) is 1.71. The normalized spacial score (nSPS) is 10.3. The van der Waals surface area contributed by atoms with Crippen LogP contribution in [-0.2, 0) is 5.75 Å². The summed E-state index contributed by atoms with van der Waals surface area (Å²) < 4.78 is 13.8. The Morgan fingerprint density at radius 1 is 1.29 bits per heavy atom. The highest BCUT2D eigenvalue weighted by atomic mass is 32.2. The molecule has 2 aromatic rings. The largest absolute Gasteiger partial charge is 0.477 e. The van der Waals surface area contributed by atoms with Crippen molar-refractivity contribution in [2.75, 3.05) is 0 Å². The molecule has 0 spiro atoms. The van der Waals surface area contributed by atoms with Gasteiger partial charge in [0.05, 0.1) is 11.0 Å². The summed E-state index contributed by atoms with van der Waals surface area (Å²) in [6.07, 6.45) is 0. The first-order valence-corrected chi connectivity index (χ1v) is 6.85. The van der Waals surface area contributed by atoms with E-state index < -0.39 is 28.0 Å². The van der Waals surface area contributed by atoms with Crippen LogP contribution in [0.3, 0.4) is 0 Å². The summed E-state index contributed by atoms with van der Waals surface area (Å²) in [6, 6.07) is 10.9. The molecule has 0 bridgehead atoms. The van der Waals surface area contributed by atoms with Crippen molar-refractivity contribution >= 4 is 23.4 Å². The van der Waals surface area contributed by atoms with Crippen molar-refractivity contribution in [1.82, 2.24) is 0 Å². The van der Waals surface area contributed by atoms with Crippen LogP contribution >= 0.6 is 11.8 Å². The Balaban J connectivity index is 2.30. The maximum atomic E-state index is 13.8. The summed E-state index contributed by atoms with van der Waals surface area (Å²) in [5, 5.41) is 19.7. The minimum atomic E-state index is -1.46. The maximum absolute atomic E-state index is 13.8. The molecule has 0 radical (unpaired) electrons. The fraction of sp³-hybridized carbons (Fsp3) is 0.0714. The van der Waals surface area contributed by atoms with Gasteiger partial charge in [0.15, 0.2) is 0 Å². The lowest BCUT2D eigenvalue weighted by atomic mass is 10.2. The molecule has 0 amide bonds. The molecule has 2 aromatic carbocycles. The van der Waals surface area contributed by atoms with Gasteiger partial charge in [-0.1, -0.05) is 30.3 Å². The van der Waals surface area contributed by atoms with Crippen molar-refractivity contribution in [2.24, 2.45) is 0 Å². The topological polar surface area (TPSA) is 80.4 Å². The molecule has 0 aliphatic rings. The van der Waals surface area contributed by atoms with E-state index in [1.165, 1.54) is 0 Å². The number of hydrogen-bond acceptors (Lipinski definition) is 4. The van der Waals surface area contributed by atoms with E-state index in [9.17, 15) is 19.3 Å². The molecule has 0 fully saturated rings. The van der Waals surface area contributed by atoms with Crippen molar-refractivity contribution in [3.8, 4) is 0 Å². The van der Waals surface area contributed by atoms with E-state index in [1.54, 1.807) is 0 Å². The predicted molar refractivity (Wildman–Crippen MR) is 76.0 cm³/mol. The lowest BCUT2D eigenvalue weighted by molar-refractivity contribution is -0.385. The third kappa shape index (κ3) is 3.57. The second-order valence-corrected chi connectivity index (χ2v) is 5.15. The van der Waals surface area contributed by atoms with Gasteiger partial charge in [-0.3, -0.25) is 10.1 Å². The average molecular weight is 307 g/mol. The number of carboxylic acids is 1. The first-order valence-electron chi connectivity index (χ1n) is 5.87. The number of carboxylic acid groups (broad SMARTS) is 1. The molecule has 0 unspecified atom stereocenters. The number of nitro benzene ring substituents is 1. The summed E-state index contributed by atoms with van der Waals surface area (Å²) in [7, 11) is 0. The quantitative estimate of drug-likeness (QED) is 0.517. The Kier molecular flexibility index (Phi) is 4.54. The van der Waals surface area contributed by atoms with Crippen LogP contribution in [-0.4, -0.2) is 16.0 Å². The van der Waals surface area contributed by atoms with E-state index in [0.29, 0.717) is 11.8 Å². The van der Waals surface area contributed by atoms with Crippen molar-refractivity contribution in [1.29, 1.82) is 0 Å². The first-order chi connectivity index (χ1) is 9.99. The smallest absolute Gasteiger partial charge is 0.342 e. The van der Waals surface area contributed by atoms with Crippen LogP contribution in [0.15, 0.2) is 47.4 Å². The van der Waals surface area contributed by atoms with Gasteiger partial charge >= 0.3 is 5.97 Å². The highest BCUT2D eigenvalue weighted by Crippen LogP contribution is 2.31. The lowest BCUT2D eigenvalue weighted by Gasteiger charge is -2.06. The number of aromatic carboxylic acids is 1. The number of nitro groups is 1. The molecule has 21 heavy (non-hydrogen) atoms. The monoisotopic (exact) mass is 307 g/mol. The van der Waals surface area contributed by atoms with Crippen molar-refractivity contribution in [3.05, 3.63) is 69.5 Å². The van der Waals surface area contributed by atoms with E-state index in [0.717, 1.165) is 23.4 Å². The zero-order chi connectivity index (χ0) is 15.4. The van der Waals surface area contributed by atoms with E-state index in [1.807, 2.05) is 30.3 Å². The second-order valence-electron chi connectivity index (χ2n) is 4.14. The van der Waals surface area contributed by atoms with Gasteiger partial charge < -0.3 is 5.11 Å². The lowest BCUT2D eigenvalue weighted by Crippen LogP contribution is -2.04. The molecule has 0 aliphatic carbocycles. The van der Waals surface area contributed by atoms with Crippen LogP contribution in [0.1, 0.15) is 15.9 Å². The zero-order valence-electron chi connectivity index (χ0n) is 10.7. The van der Waals surface area contributed by atoms with Gasteiger partial charge in [-0.2, -0.15) is 0 Å². The van der Waals surface area contributed by atoms with Gasteiger partial charge in [0, 0.05) is 10.6 Å². The van der Waals surface area contributed by atoms with Gasteiger partial charge in [-0.25, -0.2) is 9.18 Å². The molecule has 0 saturated carbocycles. The summed E-state index contributed by atoms with van der Waals surface area (Å²) in [4.78, 5) is 20.9. The minimum Gasteiger partial charge on any atom is -0.477 e. The number of halogens is 1. The van der Waals surface area contributed by atoms with Crippen LogP contribution in [0.2, 0.25) is 0 Å². The van der Waals surface area contributed by atoms with Crippen molar-refractivity contribution in [2.45, 2.75) is 10.6 Å². The van der Waals surface area contributed by atoms with Crippen molar-refractivity contribution in [3.63, 3.8) is 0 Å². The highest BCUT2D eigenvalue weighted by molar-refractivity contribution is 7.98. The van der Waals surface area contributed by atoms with Crippen LogP contribution < -0.4 is 0 Å². The first kappa shape index (κ1) is 15.0. The number of thioether (sulfide) groups is 1. The molecule has 0 aliphatic heterocycles. The van der Waals surface area contributed by atoms with Crippen LogP contribution in [0.4, 0.5) is 10.1 Å². The number of carbonyl (C=O) groups is 1. The molecule has 7 heteroatoms. The Morgan fingerprint density at radius 3 is 2.52 bits per heavy atom. The Hall–Kier alpha value is -2.41. The Morgan fingerprint density at radius 2 is 1.95 bits per heavy atom. The minimum absolute atomic E-state index is 0.0712. The molecule has 0 aromatic heterocycles. The summed E-state index contributed by atoms with van der Waals surface area (Å²) in [5.74, 6) is -1.81. The zero-order valence-corrected chi connectivity index (χ0v) is 11.5. The number of rotatable bonds is 5. The maximum Gasteiger partial charge on any atom is 0.342 e. The summed E-state index contributed by atoms with van der Waals surface area (Å²) >= 11 is 1.09. The highest BCUT2D eigenvalue weighted by Gasteiger charge is 2.23. The molecule has 2 rings (SSSR count). The SMILES string of the molecule is O=C(O)c1cc(SCc2ccccc2)c(F)cc1[N+](=O)[O-]. The molecule has 0 atom stereocenters.